The summed E-state index contributed by atoms with van der Waals surface area (Å²) >= 11 is 0. The fourth-order valence-electron chi connectivity index (χ4n) is 2.29. The van der Waals surface area contributed by atoms with Gasteiger partial charge in [0, 0.05) is 13.0 Å². The highest BCUT2D eigenvalue weighted by molar-refractivity contribution is 5.73. The van der Waals surface area contributed by atoms with Gasteiger partial charge in [0.2, 0.25) is 0 Å². The lowest BCUT2D eigenvalue weighted by Crippen LogP contribution is -2.30. The molecule has 80 valence electrons. The number of hydrogen-bond acceptors (Lipinski definition) is 3. The summed E-state index contributed by atoms with van der Waals surface area (Å²) in [4.78, 5) is 10.7. The number of nitrogens with one attached hydrogen (secondary N) is 1. The molecule has 0 aromatic heterocycles. The molecule has 0 amide bonds. The Hall–Kier alpha value is -0.610. The normalized spacial score (nSPS) is 33.7. The number of rotatable bonds is 3. The van der Waals surface area contributed by atoms with Gasteiger partial charge in [-0.25, -0.2) is 0 Å². The number of carboxylic acid groups (broad SMARTS) is 1. The predicted octanol–water partition coefficient (Wildman–Crippen LogP) is 0.761. The molecular weight excluding hydrogens is 182 g/mol. The van der Waals surface area contributed by atoms with Crippen molar-refractivity contribution in [3.8, 4) is 0 Å². The lowest BCUT2D eigenvalue weighted by atomic mass is 10.2. The Morgan fingerprint density at radius 2 is 2.00 bits per heavy atom. The number of carboxylic acids is 1. The predicted molar refractivity (Wildman–Crippen MR) is 51.2 cm³/mol. The molecule has 2 N–H and O–H groups in total. The van der Waals surface area contributed by atoms with Crippen molar-refractivity contribution in [3.05, 3.63) is 0 Å². The first kappa shape index (κ1) is 9.93. The summed E-state index contributed by atoms with van der Waals surface area (Å²) in [6.45, 7) is 0.688. The number of ether oxygens (including phenoxy) is 1. The average molecular weight is 199 g/mol. The van der Waals surface area contributed by atoms with Crippen molar-refractivity contribution >= 4 is 5.97 Å². The van der Waals surface area contributed by atoms with E-state index in [1.807, 2.05) is 0 Å². The summed E-state index contributed by atoms with van der Waals surface area (Å²) in [6.07, 6.45) is 5.92. The quantitative estimate of drug-likeness (QED) is 0.704. The molecule has 4 heteroatoms. The first-order valence-corrected chi connectivity index (χ1v) is 5.37. The molecule has 1 aliphatic heterocycles. The summed E-state index contributed by atoms with van der Waals surface area (Å²) < 4.78 is 5.83. The van der Waals surface area contributed by atoms with Gasteiger partial charge in [-0.1, -0.05) is 12.8 Å². The topological polar surface area (TPSA) is 58.6 Å². The summed E-state index contributed by atoms with van der Waals surface area (Å²) in [5.41, 5.74) is 0. The van der Waals surface area contributed by atoms with Crippen molar-refractivity contribution < 1.29 is 14.6 Å². The molecule has 4 nitrogen and oxygen atoms in total. The fraction of sp³-hybridized carbons (Fsp3) is 0.900. The summed E-state index contributed by atoms with van der Waals surface area (Å²) in [7, 11) is 0. The van der Waals surface area contributed by atoms with Gasteiger partial charge >= 0.3 is 5.97 Å². The van der Waals surface area contributed by atoms with Gasteiger partial charge in [0.15, 0.2) is 0 Å². The average Bonchev–Trinajstić information content (AvgIpc) is 2.75. The van der Waals surface area contributed by atoms with Crippen LogP contribution in [-0.4, -0.2) is 35.9 Å². The van der Waals surface area contributed by atoms with Gasteiger partial charge in [0.05, 0.1) is 12.2 Å². The molecule has 0 radical (unpaired) electrons. The SMILES string of the molecule is O=C(O)[C@@H]1C[C@@H](OC2CCCC2)CN1. The fourth-order valence-corrected chi connectivity index (χ4v) is 2.29. The van der Waals surface area contributed by atoms with Gasteiger partial charge in [-0.05, 0) is 12.8 Å². The molecule has 14 heavy (non-hydrogen) atoms. The minimum absolute atomic E-state index is 0.110. The first-order chi connectivity index (χ1) is 6.75. The zero-order chi connectivity index (χ0) is 9.97. The molecule has 2 atom stereocenters. The lowest BCUT2D eigenvalue weighted by Gasteiger charge is -2.16. The van der Waals surface area contributed by atoms with E-state index < -0.39 is 12.0 Å². The van der Waals surface area contributed by atoms with E-state index in [0.29, 0.717) is 19.1 Å². The molecule has 2 rings (SSSR count). The van der Waals surface area contributed by atoms with Crippen molar-refractivity contribution in [2.75, 3.05) is 6.54 Å². The van der Waals surface area contributed by atoms with Gasteiger partial charge in [-0.2, -0.15) is 0 Å². The molecule has 0 spiro atoms. The van der Waals surface area contributed by atoms with E-state index in [1.165, 1.54) is 12.8 Å². The third kappa shape index (κ3) is 2.25. The highest BCUT2D eigenvalue weighted by atomic mass is 16.5. The second-order valence-corrected chi connectivity index (χ2v) is 4.20. The molecule has 0 unspecified atom stereocenters. The minimum atomic E-state index is -0.762. The molecule has 0 bridgehead atoms. The van der Waals surface area contributed by atoms with Crippen LogP contribution in [-0.2, 0) is 9.53 Å². The highest BCUT2D eigenvalue weighted by Gasteiger charge is 2.31. The lowest BCUT2D eigenvalue weighted by molar-refractivity contribution is -0.139. The maximum atomic E-state index is 10.7. The van der Waals surface area contributed by atoms with Crippen molar-refractivity contribution in [1.82, 2.24) is 5.32 Å². The standard InChI is InChI=1S/C10H17NO3/c12-10(13)9-5-8(6-11-9)14-7-3-1-2-4-7/h7-9,11H,1-6H2,(H,12,13)/t8-,9+/m1/s1. The van der Waals surface area contributed by atoms with E-state index in [9.17, 15) is 4.79 Å². The van der Waals surface area contributed by atoms with E-state index in [1.54, 1.807) is 0 Å². The third-order valence-electron chi connectivity index (χ3n) is 3.08. The molecular formula is C10H17NO3. The Labute approximate surface area is 83.6 Å². The van der Waals surface area contributed by atoms with Crippen LogP contribution in [0.2, 0.25) is 0 Å². The molecule has 2 fully saturated rings. The van der Waals surface area contributed by atoms with Crippen LogP contribution in [0, 0.1) is 0 Å². The zero-order valence-electron chi connectivity index (χ0n) is 8.24. The largest absolute Gasteiger partial charge is 0.480 e. The summed E-state index contributed by atoms with van der Waals surface area (Å²) in [5, 5.41) is 11.7. The van der Waals surface area contributed by atoms with Gasteiger partial charge in [0.25, 0.3) is 0 Å². The number of carbonyl (C=O) groups is 1. The van der Waals surface area contributed by atoms with Gasteiger partial charge in [0.1, 0.15) is 6.04 Å². The van der Waals surface area contributed by atoms with E-state index in [0.717, 1.165) is 12.8 Å². The maximum absolute atomic E-state index is 10.7. The Bertz CT molecular complexity index is 213. The van der Waals surface area contributed by atoms with Crippen molar-refractivity contribution in [3.63, 3.8) is 0 Å². The summed E-state index contributed by atoms with van der Waals surface area (Å²) in [6, 6.07) is -0.401. The second-order valence-electron chi connectivity index (χ2n) is 4.20. The van der Waals surface area contributed by atoms with Crippen LogP contribution in [0.25, 0.3) is 0 Å². The van der Waals surface area contributed by atoms with Crippen molar-refractivity contribution in [2.24, 2.45) is 0 Å². The molecule has 2 aliphatic rings. The van der Waals surface area contributed by atoms with E-state index in [4.69, 9.17) is 9.84 Å². The molecule has 0 aromatic carbocycles. The third-order valence-corrected chi connectivity index (χ3v) is 3.08. The van der Waals surface area contributed by atoms with Gasteiger partial charge in [-0.3, -0.25) is 4.79 Å². The van der Waals surface area contributed by atoms with Crippen LogP contribution in [0.1, 0.15) is 32.1 Å². The number of aliphatic carboxylic acids is 1. The van der Waals surface area contributed by atoms with Crippen LogP contribution in [0.4, 0.5) is 0 Å². The smallest absolute Gasteiger partial charge is 0.320 e. The second kappa shape index (κ2) is 4.28. The monoisotopic (exact) mass is 199 g/mol. The van der Waals surface area contributed by atoms with Gasteiger partial charge in [-0.15, -0.1) is 0 Å². The molecule has 1 saturated carbocycles. The Balaban J connectivity index is 1.75. The van der Waals surface area contributed by atoms with E-state index in [2.05, 4.69) is 5.32 Å². The van der Waals surface area contributed by atoms with Crippen molar-refractivity contribution in [2.45, 2.75) is 50.4 Å². The highest BCUT2D eigenvalue weighted by Crippen LogP contribution is 2.24. The number of hydrogen-bond donors (Lipinski definition) is 2. The molecule has 1 saturated heterocycles. The van der Waals surface area contributed by atoms with Gasteiger partial charge < -0.3 is 15.2 Å². The van der Waals surface area contributed by atoms with Crippen LogP contribution in [0.5, 0.6) is 0 Å². The van der Waals surface area contributed by atoms with Crippen molar-refractivity contribution in [1.29, 1.82) is 0 Å². The molecule has 0 aromatic rings. The molecule has 1 heterocycles. The van der Waals surface area contributed by atoms with Crippen LogP contribution >= 0.6 is 0 Å². The molecule has 1 aliphatic carbocycles. The minimum Gasteiger partial charge on any atom is -0.480 e. The van der Waals surface area contributed by atoms with E-state index in [-0.39, 0.29) is 6.10 Å². The van der Waals surface area contributed by atoms with Crippen LogP contribution in [0.15, 0.2) is 0 Å². The Morgan fingerprint density at radius 3 is 2.57 bits per heavy atom. The summed E-state index contributed by atoms with van der Waals surface area (Å²) in [5.74, 6) is -0.762. The first-order valence-electron chi connectivity index (χ1n) is 5.37. The van der Waals surface area contributed by atoms with E-state index >= 15 is 0 Å². The zero-order valence-corrected chi connectivity index (χ0v) is 8.24. The Kier molecular flexibility index (Phi) is 3.03. The maximum Gasteiger partial charge on any atom is 0.320 e. The van der Waals surface area contributed by atoms with Crippen LogP contribution < -0.4 is 5.32 Å². The Morgan fingerprint density at radius 1 is 1.29 bits per heavy atom. The van der Waals surface area contributed by atoms with Crippen LogP contribution in [0.3, 0.4) is 0 Å².